The molecular formula is C54H38N2Si. The maximum absolute atomic E-state index is 2.73. The van der Waals surface area contributed by atoms with Gasteiger partial charge in [0.2, 0.25) is 0 Å². The minimum absolute atomic E-state index is 1.15. The lowest BCUT2D eigenvalue weighted by Crippen LogP contribution is -2.74. The fraction of sp³-hybridized carbons (Fsp3) is 0. The largest absolute Gasteiger partial charge is 0.309 e. The van der Waals surface area contributed by atoms with Crippen molar-refractivity contribution in [3.8, 4) is 22.5 Å². The zero-order chi connectivity index (χ0) is 37.8. The van der Waals surface area contributed by atoms with Gasteiger partial charge in [0, 0.05) is 27.2 Å². The summed E-state index contributed by atoms with van der Waals surface area (Å²) in [5, 5.41) is 10.5. The lowest BCUT2D eigenvalue weighted by Gasteiger charge is -2.34. The highest BCUT2D eigenvalue weighted by atomic mass is 28.3. The first-order valence-electron chi connectivity index (χ1n) is 19.7. The number of rotatable bonds is 7. The average molecular weight is 743 g/mol. The van der Waals surface area contributed by atoms with E-state index in [0.717, 1.165) is 5.69 Å². The minimum Gasteiger partial charge on any atom is -0.309 e. The van der Waals surface area contributed by atoms with Crippen molar-refractivity contribution in [2.24, 2.45) is 0 Å². The molecule has 0 aliphatic heterocycles. The van der Waals surface area contributed by atoms with Crippen LogP contribution in [0.3, 0.4) is 0 Å². The molecule has 0 N–H and O–H groups in total. The topological polar surface area (TPSA) is 9.86 Å². The van der Waals surface area contributed by atoms with E-state index in [1.165, 1.54) is 81.2 Å². The number of hydrogen-bond donors (Lipinski definition) is 0. The van der Waals surface area contributed by atoms with Crippen LogP contribution in [0.4, 0.5) is 0 Å². The Kier molecular flexibility index (Phi) is 7.87. The molecule has 0 bridgehead atoms. The van der Waals surface area contributed by atoms with Crippen LogP contribution in [0, 0.1) is 0 Å². The van der Waals surface area contributed by atoms with Crippen LogP contribution in [-0.2, 0) is 0 Å². The van der Waals surface area contributed by atoms with E-state index in [9.17, 15) is 0 Å². The Bertz CT molecular complexity index is 3120. The molecule has 2 aromatic heterocycles. The van der Waals surface area contributed by atoms with Gasteiger partial charge in [0.15, 0.2) is 8.07 Å². The van der Waals surface area contributed by atoms with Gasteiger partial charge in [-0.25, -0.2) is 0 Å². The number of benzene rings is 9. The van der Waals surface area contributed by atoms with Gasteiger partial charge in [-0.1, -0.05) is 188 Å². The van der Waals surface area contributed by atoms with Crippen LogP contribution in [0.1, 0.15) is 0 Å². The highest BCUT2D eigenvalue weighted by Crippen LogP contribution is 2.40. The molecule has 268 valence electrons. The summed E-state index contributed by atoms with van der Waals surface area (Å²) in [6.07, 6.45) is 0. The van der Waals surface area contributed by atoms with Gasteiger partial charge in [-0.15, -0.1) is 0 Å². The predicted octanol–water partition coefficient (Wildman–Crippen LogP) is 10.9. The van der Waals surface area contributed by atoms with Crippen molar-refractivity contribution in [3.05, 3.63) is 231 Å². The molecule has 0 spiro atoms. The van der Waals surface area contributed by atoms with E-state index in [0.29, 0.717) is 0 Å². The van der Waals surface area contributed by atoms with Crippen molar-refractivity contribution >= 4 is 72.4 Å². The first-order valence-corrected chi connectivity index (χ1v) is 21.7. The first-order chi connectivity index (χ1) is 28.3. The molecule has 3 heteroatoms. The standard InChI is InChI=1S/C54H38N2Si/c1-5-19-39(20-6-1)40-21-17-22-41(37-40)55-50-32-16-14-30-47(50)54-52(55)33-18-34-53(54)56-49-31-15-13-29-46(49)48-38-45(35-36-51(48)56)57(42-23-7-2-8-24-42,43-25-9-3-10-26-43)44-27-11-4-12-28-44/h1-38H. The summed E-state index contributed by atoms with van der Waals surface area (Å²) >= 11 is 0. The SMILES string of the molecule is c1ccc(-c2cccc(-n3c4ccccc4c4c(-n5c6ccccc6c6cc([Si](c7ccccc7)(c7ccccc7)c7ccccc7)ccc65)cccc43)c2)cc1. The Morgan fingerprint density at radius 2 is 0.772 bits per heavy atom. The van der Waals surface area contributed by atoms with Crippen molar-refractivity contribution in [2.75, 3.05) is 0 Å². The normalized spacial score (nSPS) is 11.9. The number of fused-ring (bicyclic) bond motifs is 6. The summed E-state index contributed by atoms with van der Waals surface area (Å²) in [5.41, 5.74) is 9.52. The summed E-state index contributed by atoms with van der Waals surface area (Å²) in [6.45, 7) is 0. The predicted molar refractivity (Wildman–Crippen MR) is 244 cm³/mol. The average Bonchev–Trinajstić information content (AvgIpc) is 3.81. The van der Waals surface area contributed by atoms with E-state index in [1.54, 1.807) is 0 Å². The Morgan fingerprint density at radius 1 is 0.281 bits per heavy atom. The van der Waals surface area contributed by atoms with Crippen LogP contribution in [0.2, 0.25) is 0 Å². The molecule has 0 radical (unpaired) electrons. The maximum atomic E-state index is 2.52. The molecule has 0 unspecified atom stereocenters. The summed E-state index contributed by atoms with van der Waals surface area (Å²) in [6, 6.07) is 85.1. The lowest BCUT2D eigenvalue weighted by molar-refractivity contribution is 1.17. The Labute approximate surface area is 333 Å². The number of para-hydroxylation sites is 2. The Morgan fingerprint density at radius 3 is 1.42 bits per heavy atom. The summed E-state index contributed by atoms with van der Waals surface area (Å²) in [4.78, 5) is 0. The maximum Gasteiger partial charge on any atom is 0.179 e. The van der Waals surface area contributed by atoms with Crippen LogP contribution < -0.4 is 20.7 Å². The van der Waals surface area contributed by atoms with Crippen molar-refractivity contribution in [3.63, 3.8) is 0 Å². The molecule has 0 saturated heterocycles. The molecule has 0 aliphatic rings. The van der Waals surface area contributed by atoms with Crippen LogP contribution in [-0.4, -0.2) is 17.2 Å². The number of aromatic nitrogens is 2. The van der Waals surface area contributed by atoms with E-state index in [1.807, 2.05) is 0 Å². The van der Waals surface area contributed by atoms with Crippen LogP contribution in [0.15, 0.2) is 231 Å². The minimum atomic E-state index is -2.73. The quantitative estimate of drug-likeness (QED) is 0.114. The second-order valence-electron chi connectivity index (χ2n) is 14.9. The zero-order valence-electron chi connectivity index (χ0n) is 31.3. The van der Waals surface area contributed by atoms with Gasteiger partial charge in [0.05, 0.1) is 27.8 Å². The van der Waals surface area contributed by atoms with Gasteiger partial charge in [-0.05, 0) is 74.3 Å². The monoisotopic (exact) mass is 742 g/mol. The van der Waals surface area contributed by atoms with E-state index in [4.69, 9.17) is 0 Å². The molecule has 0 saturated carbocycles. The van der Waals surface area contributed by atoms with E-state index in [2.05, 4.69) is 240 Å². The highest BCUT2D eigenvalue weighted by molar-refractivity contribution is 7.20. The summed E-state index contributed by atoms with van der Waals surface area (Å²) < 4.78 is 4.94. The molecule has 0 fully saturated rings. The van der Waals surface area contributed by atoms with Crippen LogP contribution in [0.5, 0.6) is 0 Å². The molecule has 0 atom stereocenters. The molecule has 57 heavy (non-hydrogen) atoms. The number of hydrogen-bond acceptors (Lipinski definition) is 0. The fourth-order valence-corrected chi connectivity index (χ4v) is 14.2. The first kappa shape index (κ1) is 33.2. The van der Waals surface area contributed by atoms with E-state index < -0.39 is 8.07 Å². The third-order valence-electron chi connectivity index (χ3n) is 11.9. The van der Waals surface area contributed by atoms with Gasteiger partial charge >= 0.3 is 0 Å². The molecule has 11 aromatic rings. The molecule has 0 aliphatic carbocycles. The third kappa shape index (κ3) is 5.17. The van der Waals surface area contributed by atoms with Crippen molar-refractivity contribution in [1.29, 1.82) is 0 Å². The Balaban J connectivity index is 1.19. The van der Waals surface area contributed by atoms with Crippen LogP contribution in [0.25, 0.3) is 66.1 Å². The van der Waals surface area contributed by atoms with Gasteiger partial charge in [-0.3, -0.25) is 0 Å². The zero-order valence-corrected chi connectivity index (χ0v) is 32.3. The molecular weight excluding hydrogens is 705 g/mol. The molecule has 2 heterocycles. The van der Waals surface area contributed by atoms with Gasteiger partial charge in [0.25, 0.3) is 0 Å². The van der Waals surface area contributed by atoms with Gasteiger partial charge < -0.3 is 9.13 Å². The highest BCUT2D eigenvalue weighted by Gasteiger charge is 2.41. The molecule has 11 rings (SSSR count). The van der Waals surface area contributed by atoms with E-state index in [-0.39, 0.29) is 0 Å². The van der Waals surface area contributed by atoms with E-state index >= 15 is 0 Å². The van der Waals surface area contributed by atoms with Crippen molar-refractivity contribution < 1.29 is 0 Å². The Hall–Kier alpha value is -7.20. The van der Waals surface area contributed by atoms with Gasteiger partial charge in [0.1, 0.15) is 0 Å². The summed E-state index contributed by atoms with van der Waals surface area (Å²) in [5.74, 6) is 0. The third-order valence-corrected chi connectivity index (χ3v) is 16.6. The summed E-state index contributed by atoms with van der Waals surface area (Å²) in [7, 11) is -2.73. The van der Waals surface area contributed by atoms with Crippen molar-refractivity contribution in [2.45, 2.75) is 0 Å². The van der Waals surface area contributed by atoms with Crippen molar-refractivity contribution in [1.82, 2.24) is 9.13 Å². The second-order valence-corrected chi connectivity index (χ2v) is 18.7. The second kappa shape index (κ2) is 13.5. The smallest absolute Gasteiger partial charge is 0.179 e. The van der Waals surface area contributed by atoms with Crippen LogP contribution >= 0.6 is 0 Å². The van der Waals surface area contributed by atoms with Gasteiger partial charge in [-0.2, -0.15) is 0 Å². The molecule has 0 amide bonds. The fourth-order valence-electron chi connectivity index (χ4n) is 9.45. The molecule has 9 aromatic carbocycles. The number of nitrogens with zero attached hydrogens (tertiary/aromatic N) is 2. The molecule has 2 nitrogen and oxygen atoms in total. The lowest BCUT2D eigenvalue weighted by atomic mass is 10.1.